The molecule has 0 bridgehead atoms. The molecule has 32 heavy (non-hydrogen) atoms. The number of aromatic amines is 1. The Hall–Kier alpha value is -3.05. The average molecular weight is 428 g/mol. The minimum Gasteiger partial charge on any atom is -0.497 e. The second-order valence-corrected chi connectivity index (χ2v) is 9.30. The first-order valence-corrected chi connectivity index (χ1v) is 11.7. The highest BCUT2D eigenvalue weighted by molar-refractivity contribution is 5.99. The van der Waals surface area contributed by atoms with Crippen molar-refractivity contribution in [2.24, 2.45) is 5.92 Å². The molecule has 0 saturated carbocycles. The fourth-order valence-corrected chi connectivity index (χ4v) is 5.83. The third kappa shape index (κ3) is 3.23. The molecule has 1 saturated heterocycles. The zero-order valence-electron chi connectivity index (χ0n) is 18.5. The Balaban J connectivity index is 1.41. The van der Waals surface area contributed by atoms with Gasteiger partial charge in [-0.15, -0.1) is 0 Å². The lowest BCUT2D eigenvalue weighted by molar-refractivity contribution is -0.133. The van der Waals surface area contributed by atoms with Gasteiger partial charge in [-0.2, -0.15) is 0 Å². The normalized spacial score (nSPS) is 22.7. The smallest absolute Gasteiger partial charge is 0.230 e. The molecule has 3 aliphatic rings. The van der Waals surface area contributed by atoms with Gasteiger partial charge in [0.1, 0.15) is 5.75 Å². The topological polar surface area (TPSA) is 48.6 Å². The van der Waals surface area contributed by atoms with Crippen molar-refractivity contribution in [2.75, 3.05) is 26.7 Å². The summed E-state index contributed by atoms with van der Waals surface area (Å²) in [7, 11) is 1.71. The van der Waals surface area contributed by atoms with Crippen LogP contribution in [0.15, 0.2) is 54.7 Å². The lowest BCUT2D eigenvalue weighted by Gasteiger charge is -2.42. The van der Waals surface area contributed by atoms with Gasteiger partial charge in [0.15, 0.2) is 0 Å². The molecule has 5 nitrogen and oxygen atoms in total. The van der Waals surface area contributed by atoms with Crippen molar-refractivity contribution in [3.05, 3.63) is 71.4 Å². The molecule has 1 N–H and O–H groups in total. The Labute approximate surface area is 188 Å². The van der Waals surface area contributed by atoms with E-state index in [1.165, 1.54) is 33.2 Å². The van der Waals surface area contributed by atoms with Gasteiger partial charge in [0.2, 0.25) is 5.91 Å². The zero-order valence-corrected chi connectivity index (χ0v) is 18.5. The first kappa shape index (κ1) is 19.6. The third-order valence-corrected chi connectivity index (χ3v) is 7.38. The number of nitrogens with zero attached hydrogens (tertiary/aromatic N) is 2. The van der Waals surface area contributed by atoms with Gasteiger partial charge in [-0.3, -0.25) is 9.69 Å². The largest absolute Gasteiger partial charge is 0.497 e. The van der Waals surface area contributed by atoms with E-state index in [4.69, 9.17) is 4.74 Å². The quantitative estimate of drug-likeness (QED) is 0.678. The molecule has 0 unspecified atom stereocenters. The molecule has 2 aromatic carbocycles. The van der Waals surface area contributed by atoms with Gasteiger partial charge < -0.3 is 14.6 Å². The number of rotatable bonds is 4. The van der Waals surface area contributed by atoms with E-state index in [0.29, 0.717) is 0 Å². The first-order chi connectivity index (χ1) is 15.7. The summed E-state index contributed by atoms with van der Waals surface area (Å²) in [6, 6.07) is 15.1. The molecule has 0 radical (unpaired) electrons. The first-order valence-electron chi connectivity index (χ1n) is 11.7. The van der Waals surface area contributed by atoms with Crippen LogP contribution in [0.4, 0.5) is 0 Å². The van der Waals surface area contributed by atoms with Gasteiger partial charge in [-0.1, -0.05) is 30.3 Å². The molecule has 1 aliphatic carbocycles. The molecule has 2 atom stereocenters. The van der Waals surface area contributed by atoms with E-state index in [-0.39, 0.29) is 17.9 Å². The van der Waals surface area contributed by atoms with Crippen LogP contribution in [-0.4, -0.2) is 53.5 Å². The number of nitrogens with one attached hydrogen (secondary N) is 1. The Kier molecular flexibility index (Phi) is 4.80. The summed E-state index contributed by atoms with van der Waals surface area (Å²) < 4.78 is 5.46. The Bertz CT molecular complexity index is 1200. The van der Waals surface area contributed by atoms with Crippen LogP contribution in [0, 0.1) is 5.92 Å². The minimum absolute atomic E-state index is 0.0966. The maximum absolute atomic E-state index is 13.4. The van der Waals surface area contributed by atoms with E-state index in [2.05, 4.69) is 57.4 Å². The molecule has 1 aromatic heterocycles. The number of benzene rings is 2. The fourth-order valence-electron chi connectivity index (χ4n) is 5.83. The van der Waals surface area contributed by atoms with Crippen molar-refractivity contribution in [1.82, 2.24) is 14.8 Å². The fraction of sp³-hybridized carbons (Fsp3) is 0.370. The molecule has 2 aliphatic heterocycles. The summed E-state index contributed by atoms with van der Waals surface area (Å²) in [5, 5.41) is 1.32. The number of carbonyl (C=O) groups excluding carboxylic acids is 1. The van der Waals surface area contributed by atoms with Crippen LogP contribution in [0.1, 0.15) is 29.5 Å². The van der Waals surface area contributed by atoms with Crippen LogP contribution in [0.25, 0.3) is 16.5 Å². The van der Waals surface area contributed by atoms with E-state index in [0.717, 1.165) is 51.2 Å². The van der Waals surface area contributed by atoms with Crippen LogP contribution in [-0.2, 0) is 17.8 Å². The molecule has 3 heterocycles. The number of hydrogen-bond donors (Lipinski definition) is 1. The number of ether oxygens (including phenoxy) is 1. The maximum atomic E-state index is 13.4. The lowest BCUT2D eigenvalue weighted by atomic mass is 9.79. The summed E-state index contributed by atoms with van der Waals surface area (Å²) in [5.41, 5.74) is 6.37. The molecular formula is C27H29N3O2. The molecule has 1 fully saturated rings. The number of hydrogen-bond acceptors (Lipinski definition) is 3. The van der Waals surface area contributed by atoms with Crippen molar-refractivity contribution < 1.29 is 9.53 Å². The number of amides is 1. The predicted octanol–water partition coefficient (Wildman–Crippen LogP) is 4.24. The summed E-state index contributed by atoms with van der Waals surface area (Å²) in [4.78, 5) is 21.5. The summed E-state index contributed by atoms with van der Waals surface area (Å²) in [6.07, 6.45) is 7.67. The van der Waals surface area contributed by atoms with Crippen LogP contribution >= 0.6 is 0 Å². The Morgan fingerprint density at radius 1 is 1.16 bits per heavy atom. The molecule has 3 aromatic rings. The van der Waals surface area contributed by atoms with Gasteiger partial charge >= 0.3 is 0 Å². The third-order valence-electron chi connectivity index (χ3n) is 7.38. The van der Waals surface area contributed by atoms with Crippen molar-refractivity contribution in [2.45, 2.75) is 31.8 Å². The van der Waals surface area contributed by atoms with E-state index < -0.39 is 0 Å². The number of H-pyrrole nitrogens is 1. The highest BCUT2D eigenvalue weighted by Gasteiger charge is 2.38. The van der Waals surface area contributed by atoms with Gasteiger partial charge in [-0.05, 0) is 59.7 Å². The minimum atomic E-state index is -0.0966. The van der Waals surface area contributed by atoms with Gasteiger partial charge in [0.05, 0.1) is 13.0 Å². The molecule has 0 spiro atoms. The molecule has 5 heteroatoms. The van der Waals surface area contributed by atoms with E-state index in [9.17, 15) is 4.79 Å². The highest BCUT2D eigenvalue weighted by atomic mass is 16.5. The van der Waals surface area contributed by atoms with Crippen LogP contribution < -0.4 is 4.74 Å². The second-order valence-electron chi connectivity index (χ2n) is 9.30. The molecule has 1 amide bonds. The van der Waals surface area contributed by atoms with Crippen molar-refractivity contribution in [1.29, 1.82) is 0 Å². The second kappa shape index (κ2) is 7.82. The number of methoxy groups -OCH3 is 1. The number of fused-ring (bicyclic) bond motifs is 2. The maximum Gasteiger partial charge on any atom is 0.230 e. The highest BCUT2D eigenvalue weighted by Crippen LogP contribution is 2.42. The zero-order chi connectivity index (χ0) is 21.7. The molecular weight excluding hydrogens is 398 g/mol. The summed E-state index contributed by atoms with van der Waals surface area (Å²) >= 11 is 0. The van der Waals surface area contributed by atoms with Crippen molar-refractivity contribution in [3.63, 3.8) is 0 Å². The van der Waals surface area contributed by atoms with Gasteiger partial charge in [0, 0.05) is 49.3 Å². The standard InChI is InChI=1S/C27H29N3O2/c1-32-21-7-4-6-18(12-21)16-30-17-20(27(31)29-10-2-3-11-29)13-23-22-8-5-9-24-26(22)19(15-28-24)14-25(23)30/h4-9,12-13,15,20,25,28H,2-3,10-11,14,16-17H2,1H3/t20-,25+/m0/s1. The van der Waals surface area contributed by atoms with Crippen LogP contribution in [0.2, 0.25) is 0 Å². The predicted molar refractivity (Wildman–Crippen MR) is 126 cm³/mol. The number of carbonyl (C=O) groups is 1. The van der Waals surface area contributed by atoms with Crippen LogP contribution in [0.3, 0.4) is 0 Å². The summed E-state index contributed by atoms with van der Waals surface area (Å²) in [5.74, 6) is 1.07. The monoisotopic (exact) mass is 427 g/mol. The van der Waals surface area contributed by atoms with Gasteiger partial charge in [-0.25, -0.2) is 0 Å². The SMILES string of the molecule is COc1cccc(CN2C[C@@H](C(=O)N3CCCC3)C=C3c4cccc5[nH]cc(c45)C[C@H]32)c1. The lowest BCUT2D eigenvalue weighted by Crippen LogP contribution is -2.48. The number of likely N-dealkylation sites (tertiary alicyclic amines) is 1. The Morgan fingerprint density at radius 2 is 2.00 bits per heavy atom. The Morgan fingerprint density at radius 3 is 2.84 bits per heavy atom. The van der Waals surface area contributed by atoms with Crippen molar-refractivity contribution in [3.8, 4) is 5.75 Å². The average Bonchev–Trinajstić information content (AvgIpc) is 3.51. The summed E-state index contributed by atoms with van der Waals surface area (Å²) in [6.45, 7) is 3.36. The van der Waals surface area contributed by atoms with Crippen LogP contribution in [0.5, 0.6) is 5.75 Å². The van der Waals surface area contributed by atoms with E-state index in [1.54, 1.807) is 7.11 Å². The molecule has 164 valence electrons. The van der Waals surface area contributed by atoms with E-state index in [1.807, 2.05) is 12.1 Å². The van der Waals surface area contributed by atoms with Crippen molar-refractivity contribution >= 4 is 22.4 Å². The molecule has 6 rings (SSSR count). The number of aromatic nitrogens is 1. The van der Waals surface area contributed by atoms with E-state index >= 15 is 0 Å². The van der Waals surface area contributed by atoms with Gasteiger partial charge in [0.25, 0.3) is 0 Å².